The number of hydrogen-bond acceptors (Lipinski definition) is 1. The molecule has 0 spiro atoms. The molecular weight excluding hydrogens is 282 g/mol. The van der Waals surface area contributed by atoms with E-state index in [-0.39, 0.29) is 23.3 Å². The van der Waals surface area contributed by atoms with Crippen LogP contribution in [0.1, 0.15) is 51.2 Å². The van der Waals surface area contributed by atoms with Gasteiger partial charge in [0.05, 0.1) is 0 Å². The summed E-state index contributed by atoms with van der Waals surface area (Å²) in [4.78, 5) is 12.3. The van der Waals surface area contributed by atoms with E-state index < -0.39 is 0 Å². The number of carbonyl (C=O) groups excluding carboxylic acids is 1. The van der Waals surface area contributed by atoms with E-state index in [0.29, 0.717) is 6.42 Å². The van der Waals surface area contributed by atoms with Crippen LogP contribution in [0, 0.1) is 5.41 Å². The maximum Gasteiger partial charge on any atom is 0.220 e. The number of rotatable bonds is 5. The third kappa shape index (κ3) is 5.24. The first kappa shape index (κ1) is 17.3. The predicted molar refractivity (Wildman–Crippen MR) is 96.4 cm³/mol. The SMILES string of the molecule is CC(NC(=O)CC(C)(C)C)C(c1ccccc1)c1ccccc1. The van der Waals surface area contributed by atoms with Gasteiger partial charge in [-0.15, -0.1) is 0 Å². The molecule has 2 heteroatoms. The fraction of sp³-hybridized carbons (Fsp3) is 0.381. The van der Waals surface area contributed by atoms with E-state index in [1.807, 2.05) is 12.1 Å². The Kier molecular flexibility index (Phi) is 5.59. The summed E-state index contributed by atoms with van der Waals surface area (Å²) in [6.07, 6.45) is 0.535. The molecule has 0 aliphatic carbocycles. The quantitative estimate of drug-likeness (QED) is 0.847. The standard InChI is InChI=1S/C21H27NO/c1-16(22-19(23)15-21(2,3)4)20(17-11-7-5-8-12-17)18-13-9-6-10-14-18/h5-14,16,20H,15H2,1-4H3,(H,22,23). The third-order valence-electron chi connectivity index (χ3n) is 3.90. The monoisotopic (exact) mass is 309 g/mol. The summed E-state index contributed by atoms with van der Waals surface area (Å²) in [5.41, 5.74) is 2.45. The van der Waals surface area contributed by atoms with Crippen molar-refractivity contribution in [3.8, 4) is 0 Å². The van der Waals surface area contributed by atoms with Crippen LogP contribution in [-0.4, -0.2) is 11.9 Å². The number of amides is 1. The van der Waals surface area contributed by atoms with Gasteiger partial charge in [0.15, 0.2) is 0 Å². The van der Waals surface area contributed by atoms with Gasteiger partial charge in [0, 0.05) is 18.4 Å². The van der Waals surface area contributed by atoms with Crippen LogP contribution >= 0.6 is 0 Å². The van der Waals surface area contributed by atoms with Crippen LogP contribution in [0.2, 0.25) is 0 Å². The van der Waals surface area contributed by atoms with Crippen molar-refractivity contribution in [1.29, 1.82) is 0 Å². The zero-order valence-electron chi connectivity index (χ0n) is 14.5. The van der Waals surface area contributed by atoms with E-state index in [9.17, 15) is 4.79 Å². The molecule has 2 rings (SSSR count). The third-order valence-corrected chi connectivity index (χ3v) is 3.90. The number of benzene rings is 2. The van der Waals surface area contributed by atoms with Crippen molar-refractivity contribution >= 4 is 5.91 Å². The van der Waals surface area contributed by atoms with E-state index in [2.05, 4.69) is 81.5 Å². The highest BCUT2D eigenvalue weighted by molar-refractivity contribution is 5.77. The molecular formula is C21H27NO. The summed E-state index contributed by atoms with van der Waals surface area (Å²) in [5, 5.41) is 3.19. The fourth-order valence-electron chi connectivity index (χ4n) is 2.96. The van der Waals surface area contributed by atoms with Gasteiger partial charge in [-0.05, 0) is 23.5 Å². The summed E-state index contributed by atoms with van der Waals surface area (Å²) in [6, 6.07) is 20.8. The molecule has 0 radical (unpaired) electrons. The molecule has 0 heterocycles. The summed E-state index contributed by atoms with van der Waals surface area (Å²) < 4.78 is 0. The molecule has 1 atom stereocenters. The molecule has 1 unspecified atom stereocenters. The minimum Gasteiger partial charge on any atom is -0.353 e. The van der Waals surface area contributed by atoms with Crippen LogP contribution < -0.4 is 5.32 Å². The van der Waals surface area contributed by atoms with E-state index in [1.54, 1.807) is 0 Å². The Bertz CT molecular complexity index is 574. The summed E-state index contributed by atoms with van der Waals surface area (Å²) >= 11 is 0. The molecule has 0 fully saturated rings. The highest BCUT2D eigenvalue weighted by Gasteiger charge is 2.24. The lowest BCUT2D eigenvalue weighted by Crippen LogP contribution is -2.39. The molecule has 2 nitrogen and oxygen atoms in total. The molecule has 0 aliphatic rings. The fourth-order valence-corrected chi connectivity index (χ4v) is 2.96. The average molecular weight is 309 g/mol. The lowest BCUT2D eigenvalue weighted by Gasteiger charge is -2.27. The van der Waals surface area contributed by atoms with Gasteiger partial charge in [-0.3, -0.25) is 4.79 Å². The summed E-state index contributed by atoms with van der Waals surface area (Å²) in [7, 11) is 0. The first-order chi connectivity index (χ1) is 10.9. The number of carbonyl (C=O) groups is 1. The molecule has 1 amide bonds. The maximum atomic E-state index is 12.3. The summed E-state index contributed by atoms with van der Waals surface area (Å²) in [6.45, 7) is 8.35. The lowest BCUT2D eigenvalue weighted by molar-refractivity contribution is -0.123. The number of nitrogens with one attached hydrogen (secondary N) is 1. The minimum atomic E-state index is -0.00120. The normalized spacial score (nSPS) is 12.9. The van der Waals surface area contributed by atoms with Gasteiger partial charge in [0.2, 0.25) is 5.91 Å². The van der Waals surface area contributed by atoms with E-state index in [0.717, 1.165) is 0 Å². The zero-order chi connectivity index (χ0) is 16.9. The molecule has 23 heavy (non-hydrogen) atoms. The van der Waals surface area contributed by atoms with Crippen LogP contribution in [0.15, 0.2) is 60.7 Å². The first-order valence-electron chi connectivity index (χ1n) is 8.26. The predicted octanol–water partition coefficient (Wildman–Crippen LogP) is 4.76. The Morgan fingerprint density at radius 1 is 0.913 bits per heavy atom. The van der Waals surface area contributed by atoms with Gasteiger partial charge in [-0.25, -0.2) is 0 Å². The Morgan fingerprint density at radius 2 is 1.35 bits per heavy atom. The molecule has 122 valence electrons. The molecule has 0 bridgehead atoms. The molecule has 2 aromatic rings. The highest BCUT2D eigenvalue weighted by atomic mass is 16.1. The largest absolute Gasteiger partial charge is 0.353 e. The zero-order valence-corrected chi connectivity index (χ0v) is 14.5. The van der Waals surface area contributed by atoms with Crippen molar-refractivity contribution in [2.24, 2.45) is 5.41 Å². The van der Waals surface area contributed by atoms with Crippen LogP contribution in [0.5, 0.6) is 0 Å². The Balaban J connectivity index is 2.22. The van der Waals surface area contributed by atoms with Crippen LogP contribution in [-0.2, 0) is 4.79 Å². The van der Waals surface area contributed by atoms with Crippen molar-refractivity contribution in [2.75, 3.05) is 0 Å². The van der Waals surface area contributed by atoms with E-state index in [4.69, 9.17) is 0 Å². The van der Waals surface area contributed by atoms with Gasteiger partial charge in [-0.2, -0.15) is 0 Å². The van der Waals surface area contributed by atoms with Crippen LogP contribution in [0.25, 0.3) is 0 Å². The maximum absolute atomic E-state index is 12.3. The molecule has 0 aliphatic heterocycles. The van der Waals surface area contributed by atoms with Gasteiger partial charge in [-0.1, -0.05) is 81.4 Å². The van der Waals surface area contributed by atoms with Gasteiger partial charge < -0.3 is 5.32 Å². The molecule has 0 saturated heterocycles. The van der Waals surface area contributed by atoms with Gasteiger partial charge >= 0.3 is 0 Å². The van der Waals surface area contributed by atoms with Crippen molar-refractivity contribution in [3.63, 3.8) is 0 Å². The van der Waals surface area contributed by atoms with Gasteiger partial charge in [0.25, 0.3) is 0 Å². The highest BCUT2D eigenvalue weighted by Crippen LogP contribution is 2.28. The summed E-state index contributed by atoms with van der Waals surface area (Å²) in [5.74, 6) is 0.267. The lowest BCUT2D eigenvalue weighted by atomic mass is 9.85. The molecule has 1 N–H and O–H groups in total. The Labute approximate surface area is 139 Å². The molecule has 0 aromatic heterocycles. The van der Waals surface area contributed by atoms with Crippen molar-refractivity contribution in [3.05, 3.63) is 71.8 Å². The van der Waals surface area contributed by atoms with E-state index >= 15 is 0 Å². The second-order valence-corrected chi connectivity index (χ2v) is 7.39. The van der Waals surface area contributed by atoms with Crippen molar-refractivity contribution in [1.82, 2.24) is 5.32 Å². The van der Waals surface area contributed by atoms with Crippen molar-refractivity contribution in [2.45, 2.75) is 46.1 Å². The smallest absolute Gasteiger partial charge is 0.220 e. The van der Waals surface area contributed by atoms with Crippen molar-refractivity contribution < 1.29 is 4.79 Å². The molecule has 0 saturated carbocycles. The second kappa shape index (κ2) is 7.45. The van der Waals surface area contributed by atoms with Gasteiger partial charge in [0.1, 0.15) is 0 Å². The average Bonchev–Trinajstić information content (AvgIpc) is 2.47. The number of hydrogen-bond donors (Lipinski definition) is 1. The molecule has 2 aromatic carbocycles. The van der Waals surface area contributed by atoms with Crippen LogP contribution in [0.3, 0.4) is 0 Å². The second-order valence-electron chi connectivity index (χ2n) is 7.39. The van der Waals surface area contributed by atoms with Crippen LogP contribution in [0.4, 0.5) is 0 Å². The Hall–Kier alpha value is -2.09. The topological polar surface area (TPSA) is 29.1 Å². The minimum absolute atomic E-state index is 0.00120. The first-order valence-corrected chi connectivity index (χ1v) is 8.26. The van der Waals surface area contributed by atoms with E-state index in [1.165, 1.54) is 11.1 Å². The Morgan fingerprint density at radius 3 is 1.74 bits per heavy atom.